The lowest BCUT2D eigenvalue weighted by molar-refractivity contribution is -0.137. The monoisotopic (exact) mass is 369 g/mol. The molecule has 0 aliphatic carbocycles. The zero-order valence-electron chi connectivity index (χ0n) is 17.2. The maximum Gasteiger partial charge on any atom is 0.303 e. The Labute approximate surface area is 161 Å². The molecule has 0 aromatic heterocycles. The summed E-state index contributed by atoms with van der Waals surface area (Å²) in [5.41, 5.74) is 0. The van der Waals surface area contributed by atoms with Crippen LogP contribution in [0.5, 0.6) is 0 Å². The van der Waals surface area contributed by atoms with Gasteiger partial charge in [-0.05, 0) is 12.8 Å². The lowest BCUT2D eigenvalue weighted by Crippen LogP contribution is -2.12. The Morgan fingerprint density at radius 3 is 1.50 bits per heavy atom. The Kier molecular flexibility index (Phi) is 19.4. The molecular weight excluding hydrogens is 326 g/mol. The van der Waals surface area contributed by atoms with Gasteiger partial charge in [0.15, 0.2) is 0 Å². The van der Waals surface area contributed by atoms with Crippen LogP contribution < -0.4 is 5.32 Å². The Morgan fingerprint density at radius 1 is 0.808 bits per heavy atom. The van der Waals surface area contributed by atoms with Crippen molar-refractivity contribution in [3.05, 3.63) is 0 Å². The first-order chi connectivity index (χ1) is 12.7. The predicted molar refractivity (Wildman–Crippen MR) is 109 cm³/mol. The fraction of sp³-hybridized carbons (Fsp3) is 0.909. The summed E-state index contributed by atoms with van der Waals surface area (Å²) in [6, 6.07) is 0. The van der Waals surface area contributed by atoms with Crippen molar-refractivity contribution in [1.82, 2.24) is 5.32 Å². The van der Waals surface area contributed by atoms with Gasteiger partial charge >= 0.3 is 5.97 Å². The Hall–Kier alpha value is -1.06. The number of hydrogen-bond donors (Lipinski definition) is 2. The van der Waals surface area contributed by atoms with Gasteiger partial charge in [0.25, 0.3) is 0 Å². The van der Waals surface area contributed by atoms with Gasteiger partial charge in [0.05, 0.1) is 0 Å². The highest BCUT2D eigenvalue weighted by atomic mass is 16.4. The Balaban J connectivity index is 0.000000867. The average molecular weight is 370 g/mol. The van der Waals surface area contributed by atoms with Gasteiger partial charge < -0.3 is 10.4 Å². The molecule has 0 unspecified atom stereocenters. The molecule has 1 rings (SSSR count). The van der Waals surface area contributed by atoms with E-state index in [0.717, 1.165) is 32.2 Å². The molecule has 1 amide bonds. The highest BCUT2D eigenvalue weighted by molar-refractivity contribution is 5.77. The van der Waals surface area contributed by atoms with Crippen LogP contribution in [0.15, 0.2) is 0 Å². The number of rotatable bonds is 16. The Bertz CT molecular complexity index is 323. The molecule has 0 bridgehead atoms. The van der Waals surface area contributed by atoms with Gasteiger partial charge in [-0.25, -0.2) is 0 Å². The molecule has 1 heterocycles. The van der Waals surface area contributed by atoms with E-state index in [1.807, 2.05) is 0 Å². The number of carboxylic acid groups (broad SMARTS) is 1. The number of amides is 1. The largest absolute Gasteiger partial charge is 0.481 e. The summed E-state index contributed by atoms with van der Waals surface area (Å²) >= 11 is 0. The van der Waals surface area contributed by atoms with E-state index in [4.69, 9.17) is 5.11 Å². The Morgan fingerprint density at radius 2 is 1.23 bits per heavy atom. The molecule has 1 saturated heterocycles. The molecule has 0 saturated carbocycles. The predicted octanol–water partition coefficient (Wildman–Crippen LogP) is 6.23. The maximum absolute atomic E-state index is 10.3. The first-order valence-electron chi connectivity index (χ1n) is 11.1. The molecule has 154 valence electrons. The number of aliphatic carboxylic acids is 1. The first kappa shape index (κ1) is 24.9. The van der Waals surface area contributed by atoms with Crippen molar-refractivity contribution < 1.29 is 14.7 Å². The van der Waals surface area contributed by atoms with Crippen LogP contribution in [0.25, 0.3) is 0 Å². The molecule has 2 N–H and O–H groups in total. The zero-order chi connectivity index (χ0) is 19.3. The minimum absolute atomic E-state index is 0.204. The summed E-state index contributed by atoms with van der Waals surface area (Å²) in [5.74, 6) is -0.449. The molecule has 1 aliphatic heterocycles. The highest BCUT2D eigenvalue weighted by Gasteiger charge is 2.05. The molecule has 1 fully saturated rings. The summed E-state index contributed by atoms with van der Waals surface area (Å²) in [4.78, 5) is 20.5. The van der Waals surface area contributed by atoms with E-state index >= 15 is 0 Å². The molecule has 4 heteroatoms. The molecule has 0 spiro atoms. The second-order valence-electron chi connectivity index (χ2n) is 7.55. The number of hydrogen-bond acceptors (Lipinski definition) is 2. The number of carboxylic acids is 1. The lowest BCUT2D eigenvalue weighted by atomic mass is 10.0. The molecule has 0 radical (unpaired) electrons. The number of nitrogens with one attached hydrogen (secondary N) is 1. The topological polar surface area (TPSA) is 66.4 Å². The van der Waals surface area contributed by atoms with Crippen LogP contribution in [0.3, 0.4) is 0 Å². The van der Waals surface area contributed by atoms with Gasteiger partial charge in [-0.2, -0.15) is 0 Å². The number of carbonyl (C=O) groups excluding carboxylic acids is 1. The standard InChI is InChI=1S/C18H36O2.C4H7NO/c1-2-3-4-5-6-7-8-9-10-11-12-13-14-15-16-17-18(19)20;6-4-2-1-3-5-4/h2-17H2,1H3,(H,19,20);1-3H2,(H,5,6). The minimum Gasteiger partial charge on any atom is -0.481 e. The minimum atomic E-state index is -0.653. The molecular formula is C22H43NO3. The van der Waals surface area contributed by atoms with Gasteiger partial charge in [0, 0.05) is 19.4 Å². The first-order valence-corrected chi connectivity index (χ1v) is 11.1. The summed E-state index contributed by atoms with van der Waals surface area (Å²) < 4.78 is 0. The summed E-state index contributed by atoms with van der Waals surface area (Å²) in [5, 5.41) is 11.2. The van der Waals surface area contributed by atoms with Crippen molar-refractivity contribution in [2.45, 2.75) is 122 Å². The lowest BCUT2D eigenvalue weighted by Gasteiger charge is -2.03. The quantitative estimate of drug-likeness (QED) is 0.317. The molecule has 0 atom stereocenters. The maximum atomic E-state index is 10.3. The van der Waals surface area contributed by atoms with Crippen LogP contribution in [0, 0.1) is 0 Å². The highest BCUT2D eigenvalue weighted by Crippen LogP contribution is 2.13. The van der Waals surface area contributed by atoms with E-state index in [1.165, 1.54) is 83.5 Å². The van der Waals surface area contributed by atoms with Crippen LogP contribution in [0.1, 0.15) is 122 Å². The third-order valence-electron chi connectivity index (χ3n) is 4.90. The van der Waals surface area contributed by atoms with Crippen molar-refractivity contribution in [3.8, 4) is 0 Å². The van der Waals surface area contributed by atoms with Gasteiger partial charge in [-0.3, -0.25) is 9.59 Å². The second-order valence-corrected chi connectivity index (χ2v) is 7.55. The molecule has 1 aliphatic rings. The van der Waals surface area contributed by atoms with E-state index in [9.17, 15) is 9.59 Å². The van der Waals surface area contributed by atoms with E-state index < -0.39 is 5.97 Å². The van der Waals surface area contributed by atoms with E-state index in [2.05, 4.69) is 12.2 Å². The fourth-order valence-electron chi connectivity index (χ4n) is 3.21. The van der Waals surface area contributed by atoms with Crippen LogP contribution in [0.4, 0.5) is 0 Å². The van der Waals surface area contributed by atoms with Crippen LogP contribution in [-0.4, -0.2) is 23.5 Å². The SMILES string of the molecule is CCCCCCCCCCCCCCCCCC(=O)O.O=C1CCCN1. The molecule has 0 aromatic rings. The van der Waals surface area contributed by atoms with E-state index in [1.54, 1.807) is 0 Å². The third kappa shape index (κ3) is 21.0. The van der Waals surface area contributed by atoms with Crippen molar-refractivity contribution in [3.63, 3.8) is 0 Å². The van der Waals surface area contributed by atoms with Gasteiger partial charge in [-0.1, -0.05) is 96.8 Å². The third-order valence-corrected chi connectivity index (χ3v) is 4.90. The zero-order valence-corrected chi connectivity index (χ0v) is 17.2. The molecule has 0 aromatic carbocycles. The van der Waals surface area contributed by atoms with E-state index in [0.29, 0.717) is 6.42 Å². The van der Waals surface area contributed by atoms with E-state index in [-0.39, 0.29) is 5.91 Å². The van der Waals surface area contributed by atoms with Crippen LogP contribution in [0.2, 0.25) is 0 Å². The van der Waals surface area contributed by atoms with Gasteiger partial charge in [0.1, 0.15) is 0 Å². The van der Waals surface area contributed by atoms with Crippen molar-refractivity contribution >= 4 is 11.9 Å². The van der Waals surface area contributed by atoms with Crippen molar-refractivity contribution in [2.24, 2.45) is 0 Å². The summed E-state index contributed by atoms with van der Waals surface area (Å²) in [6.07, 6.45) is 22.0. The fourth-order valence-corrected chi connectivity index (χ4v) is 3.21. The molecule has 26 heavy (non-hydrogen) atoms. The second kappa shape index (κ2) is 20.3. The summed E-state index contributed by atoms with van der Waals surface area (Å²) in [6.45, 7) is 3.16. The van der Waals surface area contributed by atoms with Gasteiger partial charge in [0.2, 0.25) is 5.91 Å². The van der Waals surface area contributed by atoms with Crippen molar-refractivity contribution in [1.29, 1.82) is 0 Å². The van der Waals surface area contributed by atoms with Gasteiger partial charge in [-0.15, -0.1) is 0 Å². The number of unbranched alkanes of at least 4 members (excludes halogenated alkanes) is 14. The van der Waals surface area contributed by atoms with Crippen LogP contribution in [-0.2, 0) is 9.59 Å². The normalized spacial score (nSPS) is 13.2. The van der Waals surface area contributed by atoms with Crippen LogP contribution >= 0.6 is 0 Å². The smallest absolute Gasteiger partial charge is 0.303 e. The summed E-state index contributed by atoms with van der Waals surface area (Å²) in [7, 11) is 0. The van der Waals surface area contributed by atoms with Crippen molar-refractivity contribution in [2.75, 3.05) is 6.54 Å². The average Bonchev–Trinajstić information content (AvgIpc) is 3.09. The number of carbonyl (C=O) groups is 2. The molecule has 4 nitrogen and oxygen atoms in total.